The lowest BCUT2D eigenvalue weighted by atomic mass is 10.0. The number of carbonyl (C=O) groups excluding carboxylic acids is 1. The van der Waals surface area contributed by atoms with Gasteiger partial charge in [-0.15, -0.1) is 22.7 Å². The SMILES string of the molecule is C=C(/C=C\C(=C)C(=O)OC)Oc1cc(-c2cccs2)c2nsnc2c1-c1cccs1. The van der Waals surface area contributed by atoms with Crippen molar-refractivity contribution in [1.29, 1.82) is 0 Å². The van der Waals surface area contributed by atoms with Gasteiger partial charge in [0.25, 0.3) is 0 Å². The zero-order valence-electron chi connectivity index (χ0n) is 16.0. The van der Waals surface area contributed by atoms with Gasteiger partial charge in [0.2, 0.25) is 0 Å². The first kappa shape index (κ1) is 20.2. The van der Waals surface area contributed by atoms with Gasteiger partial charge in [0.15, 0.2) is 0 Å². The number of rotatable bonds is 7. The van der Waals surface area contributed by atoms with Crippen LogP contribution in [0.15, 0.2) is 77.7 Å². The molecule has 3 heterocycles. The van der Waals surface area contributed by atoms with Crippen LogP contribution in [-0.4, -0.2) is 21.8 Å². The average Bonchev–Trinajstić information content (AvgIpc) is 3.52. The number of ether oxygens (including phenoxy) is 2. The van der Waals surface area contributed by atoms with Crippen molar-refractivity contribution in [2.75, 3.05) is 7.11 Å². The number of hydrogen-bond donors (Lipinski definition) is 0. The van der Waals surface area contributed by atoms with Gasteiger partial charge < -0.3 is 9.47 Å². The lowest BCUT2D eigenvalue weighted by Gasteiger charge is -2.13. The van der Waals surface area contributed by atoms with Crippen LogP contribution < -0.4 is 4.74 Å². The Kier molecular flexibility index (Phi) is 5.89. The fraction of sp³-hybridized carbons (Fsp3) is 0.0455. The summed E-state index contributed by atoms with van der Waals surface area (Å²) in [5.41, 5.74) is 3.67. The molecule has 150 valence electrons. The normalized spacial score (nSPS) is 11.1. The molecule has 0 radical (unpaired) electrons. The van der Waals surface area contributed by atoms with Gasteiger partial charge in [-0.25, -0.2) is 4.79 Å². The van der Waals surface area contributed by atoms with Crippen molar-refractivity contribution in [2.24, 2.45) is 0 Å². The maximum Gasteiger partial charge on any atom is 0.337 e. The predicted octanol–water partition coefficient (Wildman–Crippen LogP) is 6.33. The van der Waals surface area contributed by atoms with Crippen molar-refractivity contribution in [3.05, 3.63) is 77.7 Å². The van der Waals surface area contributed by atoms with E-state index in [2.05, 4.69) is 26.6 Å². The van der Waals surface area contributed by atoms with E-state index in [-0.39, 0.29) is 5.57 Å². The Balaban J connectivity index is 1.79. The molecule has 5 nitrogen and oxygen atoms in total. The Bertz CT molecular complexity index is 1250. The lowest BCUT2D eigenvalue weighted by molar-refractivity contribution is -0.135. The third kappa shape index (κ3) is 3.97. The summed E-state index contributed by atoms with van der Waals surface area (Å²) >= 11 is 4.41. The highest BCUT2D eigenvalue weighted by Gasteiger charge is 2.21. The minimum Gasteiger partial charge on any atom is -0.465 e. The summed E-state index contributed by atoms with van der Waals surface area (Å²) in [6.45, 7) is 7.63. The summed E-state index contributed by atoms with van der Waals surface area (Å²) in [6, 6.07) is 10.0. The predicted molar refractivity (Wildman–Crippen MR) is 124 cm³/mol. The van der Waals surface area contributed by atoms with Crippen LogP contribution in [-0.2, 0) is 9.53 Å². The molecule has 0 fully saturated rings. The standard InChI is InChI=1S/C22H16N2O3S3/c1-13(22(25)26-3)8-9-14(2)27-16-12-15(17-6-4-10-28-17)20-21(24-30-23-20)19(16)18-7-5-11-29-18/h4-12H,1-2H2,3H3/b9-8-. The number of fused-ring (bicyclic) bond motifs is 1. The topological polar surface area (TPSA) is 61.3 Å². The molecule has 0 bridgehead atoms. The van der Waals surface area contributed by atoms with E-state index >= 15 is 0 Å². The Morgan fingerprint density at radius 2 is 1.73 bits per heavy atom. The quantitative estimate of drug-likeness (QED) is 0.142. The molecule has 0 spiro atoms. The van der Waals surface area contributed by atoms with Gasteiger partial charge in [-0.3, -0.25) is 0 Å². The maximum atomic E-state index is 11.5. The van der Waals surface area contributed by atoms with Gasteiger partial charge in [-0.1, -0.05) is 25.3 Å². The Morgan fingerprint density at radius 1 is 1.03 bits per heavy atom. The van der Waals surface area contributed by atoms with Gasteiger partial charge in [0, 0.05) is 15.3 Å². The summed E-state index contributed by atoms with van der Waals surface area (Å²) in [5, 5.41) is 4.03. The molecule has 0 aliphatic carbocycles. The van der Waals surface area contributed by atoms with E-state index in [1.54, 1.807) is 28.7 Å². The van der Waals surface area contributed by atoms with Crippen molar-refractivity contribution in [3.63, 3.8) is 0 Å². The maximum absolute atomic E-state index is 11.5. The fourth-order valence-corrected chi connectivity index (χ4v) is 4.93. The van der Waals surface area contributed by atoms with Crippen molar-refractivity contribution in [2.45, 2.75) is 0 Å². The highest BCUT2D eigenvalue weighted by Crippen LogP contribution is 2.44. The molecule has 0 saturated heterocycles. The number of allylic oxidation sites excluding steroid dienone is 1. The van der Waals surface area contributed by atoms with Crippen molar-refractivity contribution in [3.8, 4) is 26.6 Å². The molecule has 8 heteroatoms. The number of hydrogen-bond acceptors (Lipinski definition) is 8. The number of benzene rings is 1. The minimum absolute atomic E-state index is 0.208. The second-order valence-corrected chi connectivity index (χ2v) is 8.56. The molecule has 30 heavy (non-hydrogen) atoms. The summed E-state index contributed by atoms with van der Waals surface area (Å²) in [5.74, 6) is 0.477. The van der Waals surface area contributed by atoms with Crippen LogP contribution in [0.1, 0.15) is 0 Å². The third-order valence-corrected chi connectivity index (χ3v) is 6.53. The Hall–Kier alpha value is -3.07. The van der Waals surface area contributed by atoms with Crippen LogP contribution in [0.2, 0.25) is 0 Å². The molecule has 1 aromatic carbocycles. The van der Waals surface area contributed by atoms with E-state index in [0.717, 1.165) is 31.9 Å². The highest BCUT2D eigenvalue weighted by atomic mass is 32.1. The molecule has 3 aromatic heterocycles. The molecule has 0 unspecified atom stereocenters. The molecule has 0 aliphatic heterocycles. The molecule has 0 amide bonds. The van der Waals surface area contributed by atoms with Gasteiger partial charge in [-0.05, 0) is 41.1 Å². The monoisotopic (exact) mass is 452 g/mol. The second kappa shape index (κ2) is 8.74. The van der Waals surface area contributed by atoms with Crippen molar-refractivity contribution >= 4 is 51.4 Å². The molecule has 4 aromatic rings. The number of nitrogens with zero attached hydrogens (tertiary/aromatic N) is 2. The number of carbonyl (C=O) groups is 1. The van der Waals surface area contributed by atoms with E-state index < -0.39 is 5.97 Å². The van der Waals surface area contributed by atoms with Crippen LogP contribution in [0, 0.1) is 0 Å². The van der Waals surface area contributed by atoms with Gasteiger partial charge >= 0.3 is 5.97 Å². The van der Waals surface area contributed by atoms with E-state index in [9.17, 15) is 4.79 Å². The van der Waals surface area contributed by atoms with Gasteiger partial charge in [0.1, 0.15) is 22.5 Å². The molecule has 0 saturated carbocycles. The Morgan fingerprint density at radius 3 is 2.40 bits per heavy atom. The van der Waals surface area contributed by atoms with Crippen molar-refractivity contribution < 1.29 is 14.3 Å². The molecular formula is C22H16N2O3S3. The summed E-state index contributed by atoms with van der Waals surface area (Å²) in [7, 11) is 1.31. The Labute approximate surface area is 185 Å². The zero-order chi connectivity index (χ0) is 21.1. The molecule has 4 rings (SSSR count). The summed E-state index contributed by atoms with van der Waals surface area (Å²) in [6.07, 6.45) is 3.11. The van der Waals surface area contributed by atoms with E-state index in [0.29, 0.717) is 11.5 Å². The first-order valence-corrected chi connectivity index (χ1v) is 11.3. The largest absolute Gasteiger partial charge is 0.465 e. The smallest absolute Gasteiger partial charge is 0.337 e. The van der Waals surface area contributed by atoms with Crippen LogP contribution in [0.3, 0.4) is 0 Å². The van der Waals surface area contributed by atoms with Crippen LogP contribution in [0.5, 0.6) is 5.75 Å². The minimum atomic E-state index is -0.506. The number of esters is 1. The molecule has 0 atom stereocenters. The van der Waals surface area contributed by atoms with Crippen LogP contribution in [0.25, 0.3) is 31.9 Å². The van der Waals surface area contributed by atoms with E-state index in [1.165, 1.54) is 24.9 Å². The van der Waals surface area contributed by atoms with Gasteiger partial charge in [0.05, 0.1) is 30.0 Å². The van der Waals surface area contributed by atoms with Crippen LogP contribution in [0.4, 0.5) is 0 Å². The summed E-state index contributed by atoms with van der Waals surface area (Å²) < 4.78 is 19.9. The van der Waals surface area contributed by atoms with Crippen molar-refractivity contribution in [1.82, 2.24) is 8.75 Å². The van der Waals surface area contributed by atoms with E-state index in [4.69, 9.17) is 4.74 Å². The lowest BCUT2D eigenvalue weighted by Crippen LogP contribution is -2.01. The third-order valence-electron chi connectivity index (χ3n) is 4.22. The number of methoxy groups -OCH3 is 1. The first-order chi connectivity index (χ1) is 14.6. The fourth-order valence-electron chi connectivity index (χ4n) is 2.84. The zero-order valence-corrected chi connectivity index (χ0v) is 18.4. The van der Waals surface area contributed by atoms with E-state index in [1.807, 2.05) is 41.1 Å². The molecule has 0 N–H and O–H groups in total. The van der Waals surface area contributed by atoms with Gasteiger partial charge in [-0.2, -0.15) is 8.75 Å². The highest BCUT2D eigenvalue weighted by molar-refractivity contribution is 7.14. The second-order valence-electron chi connectivity index (χ2n) is 6.13. The summed E-state index contributed by atoms with van der Waals surface area (Å²) in [4.78, 5) is 13.6. The van der Waals surface area contributed by atoms with Crippen LogP contribution >= 0.6 is 34.4 Å². The number of thiophene rings is 2. The average molecular weight is 453 g/mol. The molecule has 0 aliphatic rings. The molecular weight excluding hydrogens is 436 g/mol. The first-order valence-electron chi connectivity index (χ1n) is 8.77. The number of aromatic nitrogens is 2.